The first kappa shape index (κ1) is 8.99. The highest BCUT2D eigenvalue weighted by atomic mass is 15.2. The van der Waals surface area contributed by atoms with Crippen molar-refractivity contribution in [3.63, 3.8) is 0 Å². The van der Waals surface area contributed by atoms with E-state index in [0.29, 0.717) is 5.82 Å². The molecular formula is C10H14N4. The van der Waals surface area contributed by atoms with Crippen molar-refractivity contribution in [3.8, 4) is 0 Å². The number of rotatable bonds is 1. The van der Waals surface area contributed by atoms with Gasteiger partial charge in [0.2, 0.25) is 0 Å². The highest BCUT2D eigenvalue weighted by Crippen LogP contribution is 2.16. The molecule has 1 aromatic heterocycles. The molecule has 2 heterocycles. The van der Waals surface area contributed by atoms with Crippen molar-refractivity contribution in [1.82, 2.24) is 9.97 Å². The summed E-state index contributed by atoms with van der Waals surface area (Å²) < 4.78 is 0. The maximum Gasteiger partial charge on any atom is 0.149 e. The minimum Gasteiger partial charge on any atom is -0.382 e. The molecule has 4 nitrogen and oxygen atoms in total. The molecule has 2 rings (SSSR count). The Morgan fingerprint density at radius 1 is 1.43 bits per heavy atom. The standard InChI is InChI=1S/C10H14N4/c1-8-3-2-4-14(7-8)10-6-12-5-9(11)13-10/h3,5-6H,2,4,7H2,1H3,(H2,11,13). The summed E-state index contributed by atoms with van der Waals surface area (Å²) >= 11 is 0. The van der Waals surface area contributed by atoms with Gasteiger partial charge in [-0.3, -0.25) is 4.98 Å². The third-order valence-corrected chi connectivity index (χ3v) is 2.30. The van der Waals surface area contributed by atoms with Gasteiger partial charge in [0, 0.05) is 13.1 Å². The number of nitrogen functional groups attached to an aromatic ring is 1. The van der Waals surface area contributed by atoms with E-state index in [-0.39, 0.29) is 0 Å². The van der Waals surface area contributed by atoms with Gasteiger partial charge in [0.15, 0.2) is 0 Å². The normalized spacial score (nSPS) is 16.6. The van der Waals surface area contributed by atoms with Gasteiger partial charge in [-0.1, -0.05) is 11.6 Å². The maximum atomic E-state index is 5.59. The molecule has 1 aliphatic rings. The van der Waals surface area contributed by atoms with Gasteiger partial charge in [0.25, 0.3) is 0 Å². The van der Waals surface area contributed by atoms with E-state index in [0.717, 1.165) is 25.3 Å². The average molecular weight is 190 g/mol. The predicted molar refractivity (Wildman–Crippen MR) is 57.0 cm³/mol. The molecule has 0 saturated carbocycles. The lowest BCUT2D eigenvalue weighted by molar-refractivity contribution is 0.776. The Kier molecular flexibility index (Phi) is 2.35. The Hall–Kier alpha value is -1.58. The molecule has 0 aliphatic carbocycles. The summed E-state index contributed by atoms with van der Waals surface area (Å²) in [6.07, 6.45) is 6.66. The van der Waals surface area contributed by atoms with Crippen LogP contribution in [0.3, 0.4) is 0 Å². The van der Waals surface area contributed by atoms with Crippen LogP contribution in [-0.4, -0.2) is 23.1 Å². The van der Waals surface area contributed by atoms with Gasteiger partial charge in [0.1, 0.15) is 11.6 Å². The number of anilines is 2. The predicted octanol–water partition coefficient (Wildman–Crippen LogP) is 1.22. The van der Waals surface area contributed by atoms with Gasteiger partial charge in [-0.2, -0.15) is 0 Å². The number of hydrogen-bond acceptors (Lipinski definition) is 4. The van der Waals surface area contributed by atoms with Crippen LogP contribution in [-0.2, 0) is 0 Å². The fourth-order valence-corrected chi connectivity index (χ4v) is 1.63. The second-order valence-corrected chi connectivity index (χ2v) is 3.56. The lowest BCUT2D eigenvalue weighted by atomic mass is 10.1. The summed E-state index contributed by atoms with van der Waals surface area (Å²) in [5, 5.41) is 0. The van der Waals surface area contributed by atoms with Crippen molar-refractivity contribution in [3.05, 3.63) is 24.0 Å². The largest absolute Gasteiger partial charge is 0.382 e. The molecule has 0 bridgehead atoms. The van der Waals surface area contributed by atoms with Crippen LogP contribution in [0.15, 0.2) is 24.0 Å². The molecule has 0 saturated heterocycles. The van der Waals surface area contributed by atoms with Crippen LogP contribution in [0.25, 0.3) is 0 Å². The Morgan fingerprint density at radius 2 is 2.29 bits per heavy atom. The number of nitrogens with zero attached hydrogens (tertiary/aromatic N) is 3. The van der Waals surface area contributed by atoms with Crippen LogP contribution in [0.2, 0.25) is 0 Å². The topological polar surface area (TPSA) is 55.0 Å². The molecule has 1 aliphatic heterocycles. The molecule has 74 valence electrons. The molecule has 0 radical (unpaired) electrons. The van der Waals surface area contributed by atoms with Crippen molar-refractivity contribution in [2.45, 2.75) is 13.3 Å². The summed E-state index contributed by atoms with van der Waals surface area (Å²) in [4.78, 5) is 10.5. The van der Waals surface area contributed by atoms with Crippen molar-refractivity contribution in [2.24, 2.45) is 0 Å². The van der Waals surface area contributed by atoms with E-state index in [1.165, 1.54) is 5.57 Å². The second kappa shape index (κ2) is 3.65. The summed E-state index contributed by atoms with van der Waals surface area (Å²) in [6, 6.07) is 0. The van der Waals surface area contributed by atoms with E-state index in [1.807, 2.05) is 0 Å². The smallest absolute Gasteiger partial charge is 0.149 e. The maximum absolute atomic E-state index is 5.59. The third kappa shape index (κ3) is 1.84. The SMILES string of the molecule is CC1=CCCN(c2cncc(N)n2)C1. The van der Waals surface area contributed by atoms with Crippen LogP contribution in [0.4, 0.5) is 11.6 Å². The molecule has 14 heavy (non-hydrogen) atoms. The fourth-order valence-electron chi connectivity index (χ4n) is 1.63. The third-order valence-electron chi connectivity index (χ3n) is 2.30. The first-order chi connectivity index (χ1) is 6.75. The monoisotopic (exact) mass is 190 g/mol. The summed E-state index contributed by atoms with van der Waals surface area (Å²) in [6.45, 7) is 4.06. The van der Waals surface area contributed by atoms with Crippen molar-refractivity contribution < 1.29 is 0 Å². The van der Waals surface area contributed by atoms with E-state index in [2.05, 4.69) is 27.9 Å². The highest BCUT2D eigenvalue weighted by molar-refractivity contribution is 5.43. The lowest BCUT2D eigenvalue weighted by Crippen LogP contribution is -2.30. The lowest BCUT2D eigenvalue weighted by Gasteiger charge is -2.26. The fraction of sp³-hybridized carbons (Fsp3) is 0.400. The van der Waals surface area contributed by atoms with Gasteiger partial charge in [-0.05, 0) is 13.3 Å². The summed E-state index contributed by atoms with van der Waals surface area (Å²) in [5.41, 5.74) is 6.96. The Morgan fingerprint density at radius 3 is 3.00 bits per heavy atom. The number of nitrogens with two attached hydrogens (primary N) is 1. The average Bonchev–Trinajstić information content (AvgIpc) is 2.18. The van der Waals surface area contributed by atoms with Gasteiger partial charge in [-0.15, -0.1) is 0 Å². The van der Waals surface area contributed by atoms with Crippen LogP contribution in [0.5, 0.6) is 0 Å². The summed E-state index contributed by atoms with van der Waals surface area (Å²) in [7, 11) is 0. The molecule has 0 amide bonds. The van der Waals surface area contributed by atoms with Crippen LogP contribution < -0.4 is 10.6 Å². The van der Waals surface area contributed by atoms with Crippen LogP contribution in [0.1, 0.15) is 13.3 Å². The first-order valence-electron chi connectivity index (χ1n) is 4.74. The summed E-state index contributed by atoms with van der Waals surface area (Å²) in [5.74, 6) is 1.35. The second-order valence-electron chi connectivity index (χ2n) is 3.56. The van der Waals surface area contributed by atoms with Crippen LogP contribution >= 0.6 is 0 Å². The molecule has 1 aromatic rings. The van der Waals surface area contributed by atoms with Crippen molar-refractivity contribution in [1.29, 1.82) is 0 Å². The van der Waals surface area contributed by atoms with Crippen LogP contribution in [0, 0.1) is 0 Å². The van der Waals surface area contributed by atoms with Crippen molar-refractivity contribution in [2.75, 3.05) is 23.7 Å². The zero-order chi connectivity index (χ0) is 9.97. The molecular weight excluding hydrogens is 176 g/mol. The minimum atomic E-state index is 0.481. The van der Waals surface area contributed by atoms with Crippen molar-refractivity contribution >= 4 is 11.6 Å². The van der Waals surface area contributed by atoms with E-state index in [1.54, 1.807) is 12.4 Å². The number of aromatic nitrogens is 2. The molecule has 0 aromatic carbocycles. The molecule has 0 atom stereocenters. The highest BCUT2D eigenvalue weighted by Gasteiger charge is 2.11. The first-order valence-corrected chi connectivity index (χ1v) is 4.74. The van der Waals surface area contributed by atoms with E-state index in [9.17, 15) is 0 Å². The zero-order valence-corrected chi connectivity index (χ0v) is 8.27. The van der Waals surface area contributed by atoms with Gasteiger partial charge in [-0.25, -0.2) is 4.98 Å². The van der Waals surface area contributed by atoms with Gasteiger partial charge < -0.3 is 10.6 Å². The van der Waals surface area contributed by atoms with E-state index in [4.69, 9.17) is 5.73 Å². The number of hydrogen-bond donors (Lipinski definition) is 1. The Bertz CT molecular complexity index is 359. The minimum absolute atomic E-state index is 0.481. The van der Waals surface area contributed by atoms with Gasteiger partial charge in [0.05, 0.1) is 12.4 Å². The Balaban J connectivity index is 2.19. The zero-order valence-electron chi connectivity index (χ0n) is 8.27. The molecule has 0 unspecified atom stereocenters. The molecule has 4 heteroatoms. The van der Waals surface area contributed by atoms with Gasteiger partial charge >= 0.3 is 0 Å². The quantitative estimate of drug-likeness (QED) is 0.676. The molecule has 0 fully saturated rings. The Labute approximate surface area is 83.5 Å². The van der Waals surface area contributed by atoms with E-state index >= 15 is 0 Å². The molecule has 2 N–H and O–H groups in total. The van der Waals surface area contributed by atoms with E-state index < -0.39 is 0 Å². The molecule has 0 spiro atoms.